The molecule has 1 atom stereocenters. The van der Waals surface area contributed by atoms with Crippen LogP contribution < -0.4 is 5.32 Å². The van der Waals surface area contributed by atoms with Gasteiger partial charge in [0.1, 0.15) is 0 Å². The summed E-state index contributed by atoms with van der Waals surface area (Å²) in [5.41, 5.74) is 0.497. The lowest BCUT2D eigenvalue weighted by Crippen LogP contribution is -2.45. The third kappa shape index (κ3) is 3.34. The molecule has 1 aliphatic rings. The molecule has 0 bridgehead atoms. The van der Waals surface area contributed by atoms with E-state index in [1.54, 1.807) is 18.2 Å². The number of likely N-dealkylation sites (tertiary alicyclic amines) is 1. The van der Waals surface area contributed by atoms with Crippen LogP contribution >= 0.6 is 23.2 Å². The van der Waals surface area contributed by atoms with Crippen molar-refractivity contribution >= 4 is 34.9 Å². The largest absolute Gasteiger partial charge is 0.322 e. The van der Waals surface area contributed by atoms with Gasteiger partial charge in [-0.1, -0.05) is 36.2 Å². The number of nitrogens with zero attached hydrogens (tertiary/aromatic N) is 1. The smallest absolute Gasteiger partial charge is 0.322 e. The highest BCUT2D eigenvalue weighted by molar-refractivity contribution is 6.39. The van der Waals surface area contributed by atoms with Gasteiger partial charge in [0, 0.05) is 12.6 Å². The van der Waals surface area contributed by atoms with Crippen molar-refractivity contribution in [1.82, 2.24) is 4.90 Å². The average Bonchev–Trinajstić information content (AvgIpc) is 2.42. The third-order valence-corrected chi connectivity index (χ3v) is 4.18. The van der Waals surface area contributed by atoms with E-state index in [1.807, 2.05) is 4.90 Å². The number of carbonyl (C=O) groups excluding carboxylic acids is 1. The Morgan fingerprint density at radius 3 is 2.68 bits per heavy atom. The van der Waals surface area contributed by atoms with Crippen LogP contribution in [0.5, 0.6) is 0 Å². The number of piperidine rings is 1. The first kappa shape index (κ1) is 14.5. The van der Waals surface area contributed by atoms with Crippen LogP contribution in [-0.4, -0.2) is 23.5 Å². The van der Waals surface area contributed by atoms with Crippen LogP contribution in [0.4, 0.5) is 10.5 Å². The molecule has 0 radical (unpaired) electrons. The summed E-state index contributed by atoms with van der Waals surface area (Å²) in [6, 6.07) is 5.40. The maximum Gasteiger partial charge on any atom is 0.322 e. The van der Waals surface area contributed by atoms with Crippen molar-refractivity contribution in [2.45, 2.75) is 38.6 Å². The molecule has 0 spiro atoms. The third-order valence-electron chi connectivity index (χ3n) is 3.55. The first-order chi connectivity index (χ1) is 9.13. The standard InChI is InChI=1S/C14H18Cl2N2O/c1-2-10-6-3-4-9-18(10)14(19)17-13-11(15)7-5-8-12(13)16/h5,7-8,10H,2-4,6,9H2,1H3,(H,17,19). The van der Waals surface area contributed by atoms with E-state index < -0.39 is 0 Å². The molecule has 1 aromatic carbocycles. The zero-order valence-electron chi connectivity index (χ0n) is 11.0. The van der Waals surface area contributed by atoms with Gasteiger partial charge in [0.15, 0.2) is 0 Å². The maximum absolute atomic E-state index is 12.3. The van der Waals surface area contributed by atoms with Crippen LogP contribution in [0.25, 0.3) is 0 Å². The van der Waals surface area contributed by atoms with Crippen LogP contribution in [0.1, 0.15) is 32.6 Å². The number of carbonyl (C=O) groups is 1. The van der Waals surface area contributed by atoms with E-state index in [0.717, 1.165) is 25.8 Å². The van der Waals surface area contributed by atoms with E-state index in [9.17, 15) is 4.79 Å². The Kier molecular flexibility index (Phi) is 4.94. The number of nitrogens with one attached hydrogen (secondary N) is 1. The summed E-state index contributed by atoms with van der Waals surface area (Å²) >= 11 is 12.1. The van der Waals surface area contributed by atoms with Crippen LogP contribution in [0.2, 0.25) is 10.0 Å². The number of halogens is 2. The Labute approximate surface area is 123 Å². The molecule has 5 heteroatoms. The number of rotatable bonds is 2. The normalized spacial score (nSPS) is 19.3. The predicted octanol–water partition coefficient (Wildman–Crippen LogP) is 4.79. The molecule has 104 valence electrons. The molecule has 19 heavy (non-hydrogen) atoms. The Hall–Kier alpha value is -0.930. The topological polar surface area (TPSA) is 32.3 Å². The molecule has 0 aromatic heterocycles. The fraction of sp³-hybridized carbons (Fsp3) is 0.500. The molecule has 3 nitrogen and oxygen atoms in total. The van der Waals surface area contributed by atoms with Crippen molar-refractivity contribution in [2.75, 3.05) is 11.9 Å². The van der Waals surface area contributed by atoms with E-state index in [0.29, 0.717) is 21.8 Å². The van der Waals surface area contributed by atoms with Crippen molar-refractivity contribution < 1.29 is 4.79 Å². The van der Waals surface area contributed by atoms with Gasteiger partial charge in [0.25, 0.3) is 0 Å². The summed E-state index contributed by atoms with van der Waals surface area (Å²) in [6.07, 6.45) is 4.29. The second-order valence-electron chi connectivity index (χ2n) is 4.78. The molecule has 1 fully saturated rings. The molecule has 1 saturated heterocycles. The lowest BCUT2D eigenvalue weighted by atomic mass is 10.0. The number of para-hydroxylation sites is 1. The van der Waals surface area contributed by atoms with Gasteiger partial charge in [-0.05, 0) is 37.8 Å². The Morgan fingerprint density at radius 1 is 1.37 bits per heavy atom. The number of benzene rings is 1. The molecule has 1 unspecified atom stereocenters. The Balaban J connectivity index is 2.12. The van der Waals surface area contributed by atoms with Gasteiger partial charge in [0.2, 0.25) is 0 Å². The molecule has 2 amide bonds. The second-order valence-corrected chi connectivity index (χ2v) is 5.59. The van der Waals surface area contributed by atoms with Crippen molar-refractivity contribution in [3.63, 3.8) is 0 Å². The number of hydrogen-bond donors (Lipinski definition) is 1. The quantitative estimate of drug-likeness (QED) is 0.837. The average molecular weight is 301 g/mol. The second kappa shape index (κ2) is 6.49. The molecule has 2 rings (SSSR count). The van der Waals surface area contributed by atoms with Crippen LogP contribution in [0.3, 0.4) is 0 Å². The Morgan fingerprint density at radius 2 is 2.05 bits per heavy atom. The molecular weight excluding hydrogens is 283 g/mol. The summed E-state index contributed by atoms with van der Waals surface area (Å²) in [5.74, 6) is 0. The number of amides is 2. The van der Waals surface area contributed by atoms with Gasteiger partial charge in [-0.2, -0.15) is 0 Å². The van der Waals surface area contributed by atoms with E-state index in [4.69, 9.17) is 23.2 Å². The maximum atomic E-state index is 12.3. The molecule has 1 aromatic rings. The molecule has 0 saturated carbocycles. The van der Waals surface area contributed by atoms with Crippen molar-refractivity contribution in [2.24, 2.45) is 0 Å². The summed E-state index contributed by atoms with van der Waals surface area (Å²) in [4.78, 5) is 14.2. The van der Waals surface area contributed by atoms with Crippen molar-refractivity contribution in [3.05, 3.63) is 28.2 Å². The van der Waals surface area contributed by atoms with Gasteiger partial charge in [-0.3, -0.25) is 0 Å². The zero-order valence-corrected chi connectivity index (χ0v) is 12.5. The fourth-order valence-corrected chi connectivity index (χ4v) is 2.98. The lowest BCUT2D eigenvalue weighted by molar-refractivity contribution is 0.160. The lowest BCUT2D eigenvalue weighted by Gasteiger charge is -2.35. The highest BCUT2D eigenvalue weighted by Gasteiger charge is 2.26. The minimum Gasteiger partial charge on any atom is -0.322 e. The number of hydrogen-bond acceptors (Lipinski definition) is 1. The Bertz CT molecular complexity index is 445. The van der Waals surface area contributed by atoms with Gasteiger partial charge < -0.3 is 10.2 Å². The van der Waals surface area contributed by atoms with Crippen molar-refractivity contribution in [1.29, 1.82) is 0 Å². The summed E-state index contributed by atoms with van der Waals surface area (Å²) in [7, 11) is 0. The molecule has 0 aliphatic carbocycles. The predicted molar refractivity (Wildman–Crippen MR) is 80.1 cm³/mol. The summed E-state index contributed by atoms with van der Waals surface area (Å²) in [6.45, 7) is 2.91. The van der Waals surface area contributed by atoms with E-state index in [1.165, 1.54) is 6.42 Å². The van der Waals surface area contributed by atoms with Gasteiger partial charge in [-0.15, -0.1) is 0 Å². The molecule has 1 aliphatic heterocycles. The van der Waals surface area contributed by atoms with E-state index in [2.05, 4.69) is 12.2 Å². The summed E-state index contributed by atoms with van der Waals surface area (Å²) < 4.78 is 0. The molecule has 1 N–H and O–H groups in total. The SMILES string of the molecule is CCC1CCCCN1C(=O)Nc1c(Cl)cccc1Cl. The first-order valence-corrected chi connectivity index (χ1v) is 7.40. The van der Waals surface area contributed by atoms with Crippen LogP contribution in [-0.2, 0) is 0 Å². The van der Waals surface area contributed by atoms with Gasteiger partial charge >= 0.3 is 6.03 Å². The first-order valence-electron chi connectivity index (χ1n) is 6.65. The minimum atomic E-state index is -0.110. The minimum absolute atomic E-state index is 0.110. The van der Waals surface area contributed by atoms with E-state index in [-0.39, 0.29) is 6.03 Å². The highest BCUT2D eigenvalue weighted by atomic mass is 35.5. The molecular formula is C14H18Cl2N2O. The van der Waals surface area contributed by atoms with E-state index >= 15 is 0 Å². The highest BCUT2D eigenvalue weighted by Crippen LogP contribution is 2.30. The van der Waals surface area contributed by atoms with Gasteiger partial charge in [-0.25, -0.2) is 4.79 Å². The zero-order chi connectivity index (χ0) is 13.8. The van der Waals surface area contributed by atoms with Crippen molar-refractivity contribution in [3.8, 4) is 0 Å². The number of anilines is 1. The van der Waals surface area contributed by atoms with Crippen LogP contribution in [0, 0.1) is 0 Å². The molecule has 1 heterocycles. The van der Waals surface area contributed by atoms with Crippen LogP contribution in [0.15, 0.2) is 18.2 Å². The van der Waals surface area contributed by atoms with Gasteiger partial charge in [0.05, 0.1) is 15.7 Å². The summed E-state index contributed by atoms with van der Waals surface area (Å²) in [5, 5.41) is 3.76. The fourth-order valence-electron chi connectivity index (χ4n) is 2.49. The monoisotopic (exact) mass is 300 g/mol. The number of urea groups is 1.